The minimum atomic E-state index is -0.945. The molecule has 0 aromatic heterocycles. The van der Waals surface area contributed by atoms with Crippen LogP contribution in [0.4, 0.5) is 5.69 Å². The van der Waals surface area contributed by atoms with Gasteiger partial charge in [-0.15, -0.1) is 0 Å². The van der Waals surface area contributed by atoms with Crippen molar-refractivity contribution in [3.63, 3.8) is 0 Å². The Morgan fingerprint density at radius 3 is 2.55 bits per heavy atom. The molecule has 0 spiro atoms. The second-order valence-electron chi connectivity index (χ2n) is 6.26. The number of benzene rings is 2. The van der Waals surface area contributed by atoms with Gasteiger partial charge in [0.25, 0.3) is 5.91 Å². The van der Waals surface area contributed by atoms with E-state index in [1.54, 1.807) is 48.5 Å². The lowest BCUT2D eigenvalue weighted by Crippen LogP contribution is -2.29. The molecular formula is C22H23NO6. The number of amides is 1. The number of carbonyl (C=O) groups excluding carboxylic acids is 2. The topological polar surface area (TPSA) is 83.1 Å². The Labute approximate surface area is 169 Å². The van der Waals surface area contributed by atoms with Crippen molar-refractivity contribution in [2.24, 2.45) is 0 Å². The van der Waals surface area contributed by atoms with Crippen molar-refractivity contribution < 1.29 is 28.5 Å². The minimum Gasteiger partial charge on any atom is -0.494 e. The maximum Gasteiger partial charge on any atom is 0.331 e. The van der Waals surface area contributed by atoms with Crippen molar-refractivity contribution in [2.75, 3.05) is 25.1 Å². The molecule has 152 valence electrons. The Morgan fingerprint density at radius 1 is 1.10 bits per heavy atom. The van der Waals surface area contributed by atoms with Crippen LogP contribution in [0.5, 0.6) is 17.2 Å². The highest BCUT2D eigenvalue weighted by Crippen LogP contribution is 2.31. The van der Waals surface area contributed by atoms with Crippen molar-refractivity contribution in [1.82, 2.24) is 0 Å². The standard InChI is InChI=1S/C22H23NO6/c1-3-26-18-8-6-17(7-9-18)23-22(25)15(2)29-21(24)11-5-16-4-10-19-20(14-16)28-13-12-27-19/h4-11,14-15H,3,12-13H2,1-2H3,(H,23,25)/b11-5+/t15-/m0/s1. The summed E-state index contributed by atoms with van der Waals surface area (Å²) in [5.41, 5.74) is 1.35. The molecule has 0 saturated carbocycles. The molecule has 1 atom stereocenters. The van der Waals surface area contributed by atoms with E-state index in [4.69, 9.17) is 18.9 Å². The third kappa shape index (κ3) is 5.75. The highest BCUT2D eigenvalue weighted by Gasteiger charge is 2.17. The minimum absolute atomic E-state index is 0.421. The van der Waals surface area contributed by atoms with Gasteiger partial charge in [-0.05, 0) is 61.9 Å². The molecule has 0 aliphatic carbocycles. The first-order chi connectivity index (χ1) is 14.0. The van der Waals surface area contributed by atoms with Gasteiger partial charge >= 0.3 is 5.97 Å². The molecule has 1 N–H and O–H groups in total. The fourth-order valence-electron chi connectivity index (χ4n) is 2.64. The van der Waals surface area contributed by atoms with Gasteiger partial charge < -0.3 is 24.3 Å². The number of nitrogens with one attached hydrogen (secondary N) is 1. The molecule has 1 heterocycles. The number of hydrogen-bond acceptors (Lipinski definition) is 6. The predicted molar refractivity (Wildman–Crippen MR) is 108 cm³/mol. The van der Waals surface area contributed by atoms with Crippen LogP contribution >= 0.6 is 0 Å². The van der Waals surface area contributed by atoms with Gasteiger partial charge in [0.15, 0.2) is 17.6 Å². The van der Waals surface area contributed by atoms with E-state index in [2.05, 4.69) is 5.32 Å². The number of anilines is 1. The molecule has 3 rings (SSSR count). The molecule has 0 saturated heterocycles. The monoisotopic (exact) mass is 397 g/mol. The molecule has 2 aromatic rings. The lowest BCUT2D eigenvalue weighted by atomic mass is 10.2. The van der Waals surface area contributed by atoms with Gasteiger partial charge in [0.2, 0.25) is 0 Å². The van der Waals surface area contributed by atoms with Crippen LogP contribution in [0.25, 0.3) is 6.08 Å². The van der Waals surface area contributed by atoms with Crippen molar-refractivity contribution in [3.8, 4) is 17.2 Å². The van der Waals surface area contributed by atoms with Crippen LogP contribution < -0.4 is 19.5 Å². The number of esters is 1. The Hall–Kier alpha value is -3.48. The third-order valence-electron chi connectivity index (χ3n) is 4.07. The fourth-order valence-corrected chi connectivity index (χ4v) is 2.64. The van der Waals surface area contributed by atoms with Crippen LogP contribution in [-0.2, 0) is 14.3 Å². The first-order valence-corrected chi connectivity index (χ1v) is 9.37. The summed E-state index contributed by atoms with van der Waals surface area (Å²) in [6.07, 6.45) is 1.92. The summed E-state index contributed by atoms with van der Waals surface area (Å²) in [4.78, 5) is 24.2. The third-order valence-corrected chi connectivity index (χ3v) is 4.07. The quantitative estimate of drug-likeness (QED) is 0.569. The van der Waals surface area contributed by atoms with Gasteiger partial charge in [0.05, 0.1) is 6.61 Å². The molecule has 2 aromatic carbocycles. The maximum atomic E-state index is 12.2. The Bertz CT molecular complexity index is 891. The summed E-state index contributed by atoms with van der Waals surface area (Å²) < 4.78 is 21.5. The van der Waals surface area contributed by atoms with E-state index in [0.717, 1.165) is 5.56 Å². The average Bonchev–Trinajstić information content (AvgIpc) is 2.73. The van der Waals surface area contributed by atoms with Crippen LogP contribution in [0.1, 0.15) is 19.4 Å². The van der Waals surface area contributed by atoms with E-state index in [0.29, 0.717) is 42.8 Å². The summed E-state index contributed by atoms with van der Waals surface area (Å²) >= 11 is 0. The zero-order valence-corrected chi connectivity index (χ0v) is 16.3. The van der Waals surface area contributed by atoms with Crippen LogP contribution in [0.15, 0.2) is 48.5 Å². The van der Waals surface area contributed by atoms with Gasteiger partial charge in [-0.2, -0.15) is 0 Å². The maximum absolute atomic E-state index is 12.2. The molecule has 7 nitrogen and oxygen atoms in total. The molecule has 29 heavy (non-hydrogen) atoms. The number of rotatable bonds is 7. The Balaban J connectivity index is 1.51. The lowest BCUT2D eigenvalue weighted by Gasteiger charge is -2.18. The van der Waals surface area contributed by atoms with Crippen molar-refractivity contribution in [3.05, 3.63) is 54.1 Å². The highest BCUT2D eigenvalue weighted by atomic mass is 16.6. The molecule has 7 heteroatoms. The van der Waals surface area contributed by atoms with E-state index in [1.165, 1.54) is 13.0 Å². The van der Waals surface area contributed by atoms with E-state index in [9.17, 15) is 9.59 Å². The highest BCUT2D eigenvalue weighted by molar-refractivity contribution is 5.96. The van der Waals surface area contributed by atoms with Gasteiger partial charge in [0, 0.05) is 11.8 Å². The van der Waals surface area contributed by atoms with Gasteiger partial charge in [-0.1, -0.05) is 6.07 Å². The molecule has 1 amide bonds. The largest absolute Gasteiger partial charge is 0.494 e. The molecule has 1 aliphatic heterocycles. The summed E-state index contributed by atoms with van der Waals surface area (Å²) in [5.74, 6) is 0.990. The average molecular weight is 397 g/mol. The normalized spacial score (nSPS) is 13.6. The second kappa shape index (κ2) is 9.64. The van der Waals surface area contributed by atoms with Crippen LogP contribution in [0, 0.1) is 0 Å². The smallest absolute Gasteiger partial charge is 0.331 e. The molecule has 1 aliphatic rings. The van der Waals surface area contributed by atoms with E-state index in [-0.39, 0.29) is 0 Å². The van der Waals surface area contributed by atoms with E-state index < -0.39 is 18.0 Å². The number of ether oxygens (including phenoxy) is 4. The molecular weight excluding hydrogens is 374 g/mol. The summed E-state index contributed by atoms with van der Waals surface area (Å²) in [6, 6.07) is 12.3. The molecule has 0 unspecified atom stereocenters. The zero-order valence-electron chi connectivity index (χ0n) is 16.3. The first kappa shape index (κ1) is 20.3. The van der Waals surface area contributed by atoms with Crippen molar-refractivity contribution >= 4 is 23.6 Å². The van der Waals surface area contributed by atoms with Gasteiger partial charge in [0.1, 0.15) is 19.0 Å². The Kier molecular flexibility index (Phi) is 6.73. The molecule has 0 fully saturated rings. The van der Waals surface area contributed by atoms with E-state index in [1.807, 2.05) is 6.92 Å². The van der Waals surface area contributed by atoms with Crippen molar-refractivity contribution in [1.29, 1.82) is 0 Å². The molecule has 0 radical (unpaired) electrons. The van der Waals surface area contributed by atoms with Crippen LogP contribution in [0.2, 0.25) is 0 Å². The zero-order chi connectivity index (χ0) is 20.6. The van der Waals surface area contributed by atoms with Crippen molar-refractivity contribution in [2.45, 2.75) is 20.0 Å². The SMILES string of the molecule is CCOc1ccc(NC(=O)[C@H](C)OC(=O)/C=C/c2ccc3c(c2)OCCO3)cc1. The number of fused-ring (bicyclic) bond motifs is 1. The summed E-state index contributed by atoms with van der Waals surface area (Å²) in [6.45, 7) is 4.99. The first-order valence-electron chi connectivity index (χ1n) is 9.37. The number of carbonyl (C=O) groups is 2. The van der Waals surface area contributed by atoms with Gasteiger partial charge in [-0.25, -0.2) is 4.79 Å². The van der Waals surface area contributed by atoms with Crippen LogP contribution in [0.3, 0.4) is 0 Å². The Morgan fingerprint density at radius 2 is 1.83 bits per heavy atom. The summed E-state index contributed by atoms with van der Waals surface area (Å²) in [7, 11) is 0. The predicted octanol–water partition coefficient (Wildman–Crippen LogP) is 3.44. The van der Waals surface area contributed by atoms with Gasteiger partial charge in [-0.3, -0.25) is 4.79 Å². The fraction of sp³-hybridized carbons (Fsp3) is 0.273. The number of hydrogen-bond donors (Lipinski definition) is 1. The van der Waals surface area contributed by atoms with Crippen LogP contribution in [-0.4, -0.2) is 37.8 Å². The summed E-state index contributed by atoms with van der Waals surface area (Å²) in [5, 5.41) is 2.70. The van der Waals surface area contributed by atoms with E-state index >= 15 is 0 Å². The molecule has 0 bridgehead atoms. The lowest BCUT2D eigenvalue weighted by molar-refractivity contribution is -0.148. The second-order valence-corrected chi connectivity index (χ2v) is 6.26.